The number of nitrogens with zero attached hydrogens (tertiary/aromatic N) is 3. The van der Waals surface area contributed by atoms with E-state index in [2.05, 4.69) is 15.5 Å². The molecule has 5 unspecified atom stereocenters. The van der Waals surface area contributed by atoms with E-state index in [0.717, 1.165) is 38.5 Å². The van der Waals surface area contributed by atoms with Gasteiger partial charge in [-0.15, -0.1) is 0 Å². The second kappa shape index (κ2) is 7.76. The maximum atomic E-state index is 12.8. The quantitative estimate of drug-likeness (QED) is 0.628. The number of amides is 1. The molecule has 2 rings (SSSR count). The van der Waals surface area contributed by atoms with E-state index >= 15 is 0 Å². The Bertz CT molecular complexity index is 415. The van der Waals surface area contributed by atoms with Crippen molar-refractivity contribution in [2.24, 2.45) is 16.1 Å². The molecule has 7 heteroatoms. The molecule has 0 aromatic rings. The summed E-state index contributed by atoms with van der Waals surface area (Å²) in [6, 6.07) is -0.155. The molecule has 1 saturated carbocycles. The van der Waals surface area contributed by atoms with Crippen molar-refractivity contribution in [1.82, 2.24) is 10.2 Å². The minimum atomic E-state index is -0.393. The summed E-state index contributed by atoms with van der Waals surface area (Å²) in [4.78, 5) is 14.7. The first-order valence-corrected chi connectivity index (χ1v) is 8.43. The molecule has 22 heavy (non-hydrogen) atoms. The number of nitrogens with one attached hydrogen (secondary N) is 3. The van der Waals surface area contributed by atoms with Crippen molar-refractivity contribution in [1.29, 1.82) is 11.1 Å². The summed E-state index contributed by atoms with van der Waals surface area (Å²) in [5.41, 5.74) is 14.6. The number of rotatable bonds is 7. The first kappa shape index (κ1) is 17.0. The molecule has 5 atom stereocenters. The Labute approximate surface area is 132 Å². The Balaban J connectivity index is 2.05. The summed E-state index contributed by atoms with van der Waals surface area (Å²) < 4.78 is 0. The van der Waals surface area contributed by atoms with Crippen molar-refractivity contribution in [3.63, 3.8) is 0 Å². The van der Waals surface area contributed by atoms with E-state index < -0.39 is 6.04 Å². The zero-order valence-corrected chi connectivity index (χ0v) is 13.6. The third kappa shape index (κ3) is 3.51. The van der Waals surface area contributed by atoms with Crippen LogP contribution in [-0.4, -0.2) is 35.2 Å². The fraction of sp³-hybridized carbons (Fsp3) is 0.933. The van der Waals surface area contributed by atoms with E-state index in [1.807, 2.05) is 18.7 Å². The predicted octanol–water partition coefficient (Wildman–Crippen LogP) is 3.27. The summed E-state index contributed by atoms with van der Waals surface area (Å²) in [6.45, 7) is 3.86. The van der Waals surface area contributed by atoms with Crippen molar-refractivity contribution < 1.29 is 4.79 Å². The van der Waals surface area contributed by atoms with E-state index in [-0.39, 0.29) is 24.3 Å². The number of hydrogen-bond acceptors (Lipinski definition) is 6. The number of carbonyl (C=O) groups is 1. The predicted molar refractivity (Wildman–Crippen MR) is 82.6 cm³/mol. The Kier molecular flexibility index (Phi) is 5.99. The highest BCUT2D eigenvalue weighted by molar-refractivity contribution is 5.82. The minimum absolute atomic E-state index is 0.000142. The molecule has 3 N–H and O–H groups in total. The summed E-state index contributed by atoms with van der Waals surface area (Å²) in [5.74, 6) is 0.497. The topological polar surface area (TPSA) is 105 Å². The molecule has 0 spiro atoms. The highest BCUT2D eigenvalue weighted by atomic mass is 16.2. The van der Waals surface area contributed by atoms with Crippen molar-refractivity contribution in [3.05, 3.63) is 0 Å². The second-order valence-electron chi connectivity index (χ2n) is 6.52. The minimum Gasteiger partial charge on any atom is -0.314 e. The van der Waals surface area contributed by atoms with Gasteiger partial charge in [0.05, 0.1) is 6.04 Å². The van der Waals surface area contributed by atoms with Gasteiger partial charge >= 0.3 is 0 Å². The largest absolute Gasteiger partial charge is 0.314 e. The summed E-state index contributed by atoms with van der Waals surface area (Å²) >= 11 is 0. The lowest BCUT2D eigenvalue weighted by atomic mass is 9.85. The molecule has 2 aliphatic rings. The van der Waals surface area contributed by atoms with Gasteiger partial charge in [0, 0.05) is 6.04 Å². The summed E-state index contributed by atoms with van der Waals surface area (Å²) in [6.07, 6.45) is 6.42. The molecule has 7 nitrogen and oxygen atoms in total. The van der Waals surface area contributed by atoms with E-state index in [0.29, 0.717) is 5.92 Å². The van der Waals surface area contributed by atoms with Crippen LogP contribution in [0.25, 0.3) is 0 Å². The van der Waals surface area contributed by atoms with Crippen LogP contribution in [0.1, 0.15) is 58.8 Å². The van der Waals surface area contributed by atoms with Crippen LogP contribution < -0.4 is 5.32 Å². The molecule has 0 radical (unpaired) electrons. The standard InChI is InChI=1S/C15H28N6O/c1-3-6-13(19-16)18-10(2)15(22)21-12-8-5-4-7-11(12)9-14(21)20-17/h10-14,16-18H,3-9H2,1-2H3. The highest BCUT2D eigenvalue weighted by Gasteiger charge is 2.45. The van der Waals surface area contributed by atoms with Gasteiger partial charge in [-0.25, -0.2) is 11.1 Å². The van der Waals surface area contributed by atoms with Crippen molar-refractivity contribution in [3.8, 4) is 0 Å². The van der Waals surface area contributed by atoms with Gasteiger partial charge in [0.1, 0.15) is 12.3 Å². The first-order valence-electron chi connectivity index (χ1n) is 8.43. The van der Waals surface area contributed by atoms with Crippen LogP contribution in [0, 0.1) is 17.0 Å². The Morgan fingerprint density at radius 2 is 2.09 bits per heavy atom. The SMILES string of the molecule is CCCC(N=N)NC(C)C(=O)N1C(N=N)CC2CCCCC21. The molecule has 0 aromatic heterocycles. The molecule has 0 aromatic carbocycles. The van der Waals surface area contributed by atoms with Crippen molar-refractivity contribution >= 4 is 5.91 Å². The average Bonchev–Trinajstić information content (AvgIpc) is 2.91. The van der Waals surface area contributed by atoms with E-state index in [9.17, 15) is 4.79 Å². The van der Waals surface area contributed by atoms with E-state index in [1.54, 1.807) is 0 Å². The number of hydrogen-bond donors (Lipinski definition) is 3. The number of fused-ring (bicyclic) bond motifs is 1. The highest BCUT2D eigenvalue weighted by Crippen LogP contribution is 2.40. The van der Waals surface area contributed by atoms with E-state index in [1.165, 1.54) is 6.42 Å². The molecule has 1 saturated heterocycles. The van der Waals surface area contributed by atoms with Crippen molar-refractivity contribution in [2.75, 3.05) is 0 Å². The lowest BCUT2D eigenvalue weighted by Crippen LogP contribution is -2.52. The fourth-order valence-electron chi connectivity index (χ4n) is 3.90. The van der Waals surface area contributed by atoms with Gasteiger partial charge in [0.2, 0.25) is 5.91 Å². The number of likely N-dealkylation sites (tertiary alicyclic amines) is 1. The third-order valence-electron chi connectivity index (χ3n) is 5.00. The average molecular weight is 308 g/mol. The van der Waals surface area contributed by atoms with Gasteiger partial charge in [0.25, 0.3) is 0 Å². The first-order chi connectivity index (χ1) is 10.6. The van der Waals surface area contributed by atoms with Gasteiger partial charge in [-0.05, 0) is 38.5 Å². The van der Waals surface area contributed by atoms with Crippen LogP contribution >= 0.6 is 0 Å². The summed E-state index contributed by atoms with van der Waals surface area (Å²) in [7, 11) is 0. The zero-order valence-electron chi connectivity index (χ0n) is 13.6. The monoisotopic (exact) mass is 308 g/mol. The van der Waals surface area contributed by atoms with Crippen LogP contribution in [0.4, 0.5) is 0 Å². The number of carbonyl (C=O) groups excluding carboxylic acids is 1. The van der Waals surface area contributed by atoms with Gasteiger partial charge in [0.15, 0.2) is 0 Å². The van der Waals surface area contributed by atoms with Crippen LogP contribution in [0.15, 0.2) is 10.2 Å². The molecule has 124 valence electrons. The molecule has 1 amide bonds. The van der Waals surface area contributed by atoms with Crippen LogP contribution in [0.3, 0.4) is 0 Å². The Morgan fingerprint density at radius 3 is 2.73 bits per heavy atom. The van der Waals surface area contributed by atoms with Crippen LogP contribution in [-0.2, 0) is 4.79 Å². The molecular formula is C15H28N6O. The van der Waals surface area contributed by atoms with Gasteiger partial charge in [-0.2, -0.15) is 10.2 Å². The lowest BCUT2D eigenvalue weighted by molar-refractivity contribution is -0.137. The maximum absolute atomic E-state index is 12.8. The normalized spacial score (nSPS) is 30.5. The van der Waals surface area contributed by atoms with Crippen LogP contribution in [0.5, 0.6) is 0 Å². The second-order valence-corrected chi connectivity index (χ2v) is 6.52. The van der Waals surface area contributed by atoms with Gasteiger partial charge < -0.3 is 4.90 Å². The van der Waals surface area contributed by atoms with Crippen LogP contribution in [0.2, 0.25) is 0 Å². The molecule has 0 bridgehead atoms. The Morgan fingerprint density at radius 1 is 1.36 bits per heavy atom. The molecule has 1 aliphatic carbocycles. The zero-order chi connectivity index (χ0) is 16.1. The van der Waals surface area contributed by atoms with Crippen molar-refractivity contribution in [2.45, 2.75) is 83.2 Å². The fourth-order valence-corrected chi connectivity index (χ4v) is 3.90. The van der Waals surface area contributed by atoms with E-state index in [4.69, 9.17) is 11.1 Å². The molecule has 1 aliphatic heterocycles. The third-order valence-corrected chi connectivity index (χ3v) is 5.00. The van der Waals surface area contributed by atoms with Gasteiger partial charge in [-0.1, -0.05) is 26.2 Å². The molecule has 2 fully saturated rings. The van der Waals surface area contributed by atoms with Gasteiger partial charge in [-0.3, -0.25) is 10.1 Å². The molecular weight excluding hydrogens is 280 g/mol. The lowest BCUT2D eigenvalue weighted by Gasteiger charge is -2.34. The molecule has 1 heterocycles. The smallest absolute Gasteiger partial charge is 0.241 e. The summed E-state index contributed by atoms with van der Waals surface area (Å²) in [5, 5.41) is 10.4. The maximum Gasteiger partial charge on any atom is 0.241 e. The Hall–Kier alpha value is -1.37.